The van der Waals surface area contributed by atoms with Crippen LogP contribution in [-0.2, 0) is 9.53 Å². The van der Waals surface area contributed by atoms with Crippen LogP contribution in [0.3, 0.4) is 0 Å². The van der Waals surface area contributed by atoms with Gasteiger partial charge in [-0.3, -0.25) is 4.79 Å². The SMILES string of the molecule is COC(=O)[C@@H]1S[C@H]1C. The van der Waals surface area contributed by atoms with Gasteiger partial charge in [-0.05, 0) is 0 Å². The first-order chi connectivity index (χ1) is 3.75. The fourth-order valence-corrected chi connectivity index (χ4v) is 1.24. The molecule has 0 aromatic rings. The Morgan fingerprint density at radius 3 is 2.38 bits per heavy atom. The fraction of sp³-hybridized carbons (Fsp3) is 0.800. The quantitative estimate of drug-likeness (QED) is 0.387. The van der Waals surface area contributed by atoms with E-state index < -0.39 is 0 Å². The van der Waals surface area contributed by atoms with E-state index in [0.29, 0.717) is 5.25 Å². The molecule has 1 saturated heterocycles. The van der Waals surface area contributed by atoms with E-state index in [-0.39, 0.29) is 11.2 Å². The molecule has 1 aliphatic heterocycles. The van der Waals surface area contributed by atoms with Crippen molar-refractivity contribution in [2.75, 3.05) is 7.11 Å². The van der Waals surface area contributed by atoms with Crippen molar-refractivity contribution in [1.29, 1.82) is 0 Å². The van der Waals surface area contributed by atoms with Crippen LogP contribution in [-0.4, -0.2) is 23.6 Å². The molecule has 0 radical (unpaired) electrons. The van der Waals surface area contributed by atoms with Gasteiger partial charge < -0.3 is 4.74 Å². The number of rotatable bonds is 1. The summed E-state index contributed by atoms with van der Waals surface area (Å²) in [5.74, 6) is -0.0810. The Morgan fingerprint density at radius 2 is 2.25 bits per heavy atom. The van der Waals surface area contributed by atoms with Crippen LogP contribution in [0.15, 0.2) is 0 Å². The van der Waals surface area contributed by atoms with Crippen molar-refractivity contribution in [3.05, 3.63) is 0 Å². The first kappa shape index (κ1) is 5.95. The van der Waals surface area contributed by atoms with Gasteiger partial charge in [0.15, 0.2) is 0 Å². The van der Waals surface area contributed by atoms with Gasteiger partial charge in [-0.2, -0.15) is 0 Å². The molecular formula is C5H8O2S. The molecule has 0 bridgehead atoms. The highest BCUT2D eigenvalue weighted by atomic mass is 32.2. The van der Waals surface area contributed by atoms with E-state index in [1.807, 2.05) is 6.92 Å². The summed E-state index contributed by atoms with van der Waals surface area (Å²) in [6, 6.07) is 0. The van der Waals surface area contributed by atoms with Gasteiger partial charge in [0, 0.05) is 5.25 Å². The topological polar surface area (TPSA) is 26.3 Å². The van der Waals surface area contributed by atoms with E-state index in [9.17, 15) is 4.79 Å². The van der Waals surface area contributed by atoms with Crippen LogP contribution < -0.4 is 0 Å². The molecule has 0 aromatic carbocycles. The number of ether oxygens (including phenoxy) is 1. The van der Waals surface area contributed by atoms with Gasteiger partial charge in [0.25, 0.3) is 0 Å². The van der Waals surface area contributed by atoms with E-state index >= 15 is 0 Å². The summed E-state index contributed by atoms with van der Waals surface area (Å²) in [6.45, 7) is 2.02. The molecule has 1 rings (SSSR count). The second kappa shape index (κ2) is 1.97. The molecule has 0 saturated carbocycles. The third-order valence-electron chi connectivity index (χ3n) is 1.14. The first-order valence-electron chi connectivity index (χ1n) is 2.49. The van der Waals surface area contributed by atoms with E-state index in [4.69, 9.17) is 0 Å². The molecule has 1 heterocycles. The van der Waals surface area contributed by atoms with Crippen LogP contribution >= 0.6 is 11.8 Å². The molecule has 0 aliphatic carbocycles. The number of hydrogen-bond acceptors (Lipinski definition) is 3. The molecule has 0 unspecified atom stereocenters. The third kappa shape index (κ3) is 0.968. The molecule has 0 spiro atoms. The maximum atomic E-state index is 10.5. The zero-order chi connectivity index (χ0) is 6.15. The average Bonchev–Trinajstić information content (AvgIpc) is 2.45. The van der Waals surface area contributed by atoms with Crippen molar-refractivity contribution < 1.29 is 9.53 Å². The lowest BCUT2D eigenvalue weighted by atomic mass is 10.3. The minimum atomic E-state index is -0.0810. The Kier molecular flexibility index (Phi) is 1.47. The summed E-state index contributed by atoms with van der Waals surface area (Å²) in [5, 5.41) is 0.627. The van der Waals surface area contributed by atoms with E-state index in [0.717, 1.165) is 0 Å². The summed E-state index contributed by atoms with van der Waals surface area (Å²) >= 11 is 1.65. The lowest BCUT2D eigenvalue weighted by Gasteiger charge is -1.89. The third-order valence-corrected chi connectivity index (χ3v) is 2.43. The van der Waals surface area contributed by atoms with Crippen molar-refractivity contribution in [2.24, 2.45) is 0 Å². The van der Waals surface area contributed by atoms with Gasteiger partial charge in [0.05, 0.1) is 7.11 Å². The van der Waals surface area contributed by atoms with Crippen molar-refractivity contribution >= 4 is 17.7 Å². The monoisotopic (exact) mass is 132 g/mol. The van der Waals surface area contributed by atoms with E-state index in [1.54, 1.807) is 11.8 Å². The van der Waals surface area contributed by atoms with Crippen LogP contribution in [0.2, 0.25) is 0 Å². The average molecular weight is 132 g/mol. The van der Waals surface area contributed by atoms with E-state index in [2.05, 4.69) is 4.74 Å². The van der Waals surface area contributed by atoms with Crippen LogP contribution in [0, 0.1) is 0 Å². The normalized spacial score (nSPS) is 34.2. The molecule has 0 amide bonds. The second-order valence-corrected chi connectivity index (χ2v) is 3.31. The van der Waals surface area contributed by atoms with Gasteiger partial charge in [0.1, 0.15) is 5.25 Å². The lowest BCUT2D eigenvalue weighted by molar-refractivity contribution is -0.139. The standard InChI is InChI=1S/C5H8O2S/c1-3-4(8-3)5(6)7-2/h3-4H,1-2H3/t3-,4+/m0/s1. The molecule has 2 atom stereocenters. The number of esters is 1. The van der Waals surface area contributed by atoms with Gasteiger partial charge >= 0.3 is 5.97 Å². The Bertz CT molecular complexity index is 113. The molecular weight excluding hydrogens is 124 g/mol. The Balaban J connectivity index is 2.28. The number of carbonyl (C=O) groups is 1. The largest absolute Gasteiger partial charge is 0.468 e. The van der Waals surface area contributed by atoms with E-state index in [1.165, 1.54) is 7.11 Å². The molecule has 1 aliphatic rings. The fourth-order valence-electron chi connectivity index (χ4n) is 0.549. The van der Waals surface area contributed by atoms with Crippen molar-refractivity contribution in [1.82, 2.24) is 0 Å². The van der Waals surface area contributed by atoms with Crippen molar-refractivity contribution in [2.45, 2.75) is 17.4 Å². The minimum Gasteiger partial charge on any atom is -0.468 e. The Morgan fingerprint density at radius 1 is 1.75 bits per heavy atom. The highest BCUT2D eigenvalue weighted by molar-refractivity contribution is 8.08. The smallest absolute Gasteiger partial charge is 0.319 e. The molecule has 0 aromatic heterocycles. The van der Waals surface area contributed by atoms with Gasteiger partial charge in [-0.25, -0.2) is 0 Å². The zero-order valence-electron chi connectivity index (χ0n) is 4.88. The van der Waals surface area contributed by atoms with Crippen LogP contribution in [0.5, 0.6) is 0 Å². The van der Waals surface area contributed by atoms with Crippen LogP contribution in [0.25, 0.3) is 0 Å². The molecule has 2 nitrogen and oxygen atoms in total. The number of hydrogen-bond donors (Lipinski definition) is 0. The predicted molar refractivity (Wildman–Crippen MR) is 32.9 cm³/mol. The second-order valence-electron chi connectivity index (χ2n) is 1.78. The summed E-state index contributed by atoms with van der Waals surface area (Å²) in [6.07, 6.45) is 0. The Labute approximate surface area is 52.6 Å². The zero-order valence-corrected chi connectivity index (χ0v) is 5.70. The lowest BCUT2D eigenvalue weighted by Crippen LogP contribution is -2.09. The first-order valence-corrected chi connectivity index (χ1v) is 3.43. The van der Waals surface area contributed by atoms with Gasteiger partial charge in [-0.1, -0.05) is 6.92 Å². The molecule has 46 valence electrons. The molecule has 1 fully saturated rings. The Hall–Kier alpha value is -0.180. The molecule has 0 N–H and O–H groups in total. The molecule has 3 heteroatoms. The number of methoxy groups -OCH3 is 1. The summed E-state index contributed by atoms with van der Waals surface area (Å²) in [7, 11) is 1.42. The maximum Gasteiger partial charge on any atom is 0.319 e. The highest BCUT2D eigenvalue weighted by Gasteiger charge is 2.41. The predicted octanol–water partition coefficient (Wildman–Crippen LogP) is 0.663. The van der Waals surface area contributed by atoms with Gasteiger partial charge in [0.2, 0.25) is 0 Å². The van der Waals surface area contributed by atoms with Crippen LogP contribution in [0.1, 0.15) is 6.92 Å². The van der Waals surface area contributed by atoms with Crippen molar-refractivity contribution in [3.8, 4) is 0 Å². The highest BCUT2D eigenvalue weighted by Crippen LogP contribution is 2.41. The summed E-state index contributed by atoms with van der Waals surface area (Å²) < 4.78 is 4.48. The maximum absolute atomic E-state index is 10.5. The summed E-state index contributed by atoms with van der Waals surface area (Å²) in [4.78, 5) is 10.5. The number of thioether (sulfide) groups is 1. The summed E-state index contributed by atoms with van der Waals surface area (Å²) in [5.41, 5.74) is 0. The minimum absolute atomic E-state index is 0.0810. The molecule has 8 heavy (non-hydrogen) atoms. The van der Waals surface area contributed by atoms with Crippen LogP contribution in [0.4, 0.5) is 0 Å². The number of carbonyl (C=O) groups excluding carboxylic acids is 1. The van der Waals surface area contributed by atoms with Crippen molar-refractivity contribution in [3.63, 3.8) is 0 Å². The van der Waals surface area contributed by atoms with Gasteiger partial charge in [-0.15, -0.1) is 11.8 Å².